The smallest absolute Gasteiger partial charge is 0.336 e. The van der Waals surface area contributed by atoms with Gasteiger partial charge in [0, 0.05) is 12.8 Å². The number of halogens is 2. The topological polar surface area (TPSA) is 101 Å². The van der Waals surface area contributed by atoms with Crippen molar-refractivity contribution in [2.24, 2.45) is 0 Å². The second-order valence-electron chi connectivity index (χ2n) is 4.36. The van der Waals surface area contributed by atoms with Crippen molar-refractivity contribution in [3.8, 4) is 0 Å². The van der Waals surface area contributed by atoms with E-state index < -0.39 is 44.5 Å². The number of carboxylic acid groups (broad SMARTS) is 1. The van der Waals surface area contributed by atoms with Gasteiger partial charge in [-0.3, -0.25) is 4.79 Å². The van der Waals surface area contributed by atoms with Crippen LogP contribution in [0.25, 0.3) is 0 Å². The van der Waals surface area contributed by atoms with Gasteiger partial charge in [0.25, 0.3) is 5.91 Å². The molecule has 116 valence electrons. The molecule has 0 aliphatic rings. The number of hydrogen-bond donors (Lipinski definition) is 2. The molecule has 1 aromatic carbocycles. The van der Waals surface area contributed by atoms with Crippen LogP contribution in [0.4, 0.5) is 8.78 Å². The molecule has 21 heavy (non-hydrogen) atoms. The largest absolute Gasteiger partial charge is 0.478 e. The summed E-state index contributed by atoms with van der Waals surface area (Å²) >= 11 is 0. The molecule has 1 amide bonds. The van der Waals surface area contributed by atoms with Gasteiger partial charge in [-0.2, -0.15) is 0 Å². The van der Waals surface area contributed by atoms with Gasteiger partial charge in [-0.05, 0) is 18.6 Å². The molecule has 0 fully saturated rings. The van der Waals surface area contributed by atoms with Crippen molar-refractivity contribution >= 4 is 21.7 Å². The Morgan fingerprint density at radius 2 is 1.71 bits per heavy atom. The summed E-state index contributed by atoms with van der Waals surface area (Å²) in [6, 6.07) is 0.910. The van der Waals surface area contributed by atoms with Gasteiger partial charge in [0.1, 0.15) is 9.84 Å². The molecule has 0 aliphatic carbocycles. The second-order valence-corrected chi connectivity index (χ2v) is 6.62. The maximum atomic E-state index is 13.1. The van der Waals surface area contributed by atoms with Crippen LogP contribution in [0, 0.1) is 11.6 Å². The zero-order chi connectivity index (χ0) is 16.2. The molecule has 0 atom stereocenters. The fourth-order valence-corrected chi connectivity index (χ4v) is 2.21. The normalized spacial score (nSPS) is 11.2. The molecule has 0 aromatic heterocycles. The van der Waals surface area contributed by atoms with E-state index in [0.29, 0.717) is 12.1 Å². The second kappa shape index (κ2) is 6.61. The van der Waals surface area contributed by atoms with Crippen LogP contribution in [0.2, 0.25) is 0 Å². The van der Waals surface area contributed by atoms with E-state index >= 15 is 0 Å². The third-order valence-electron chi connectivity index (χ3n) is 2.51. The maximum absolute atomic E-state index is 13.1. The van der Waals surface area contributed by atoms with Crippen LogP contribution < -0.4 is 5.32 Å². The first-order chi connectivity index (χ1) is 9.61. The van der Waals surface area contributed by atoms with E-state index in [0.717, 1.165) is 6.26 Å². The molecule has 0 unspecified atom stereocenters. The van der Waals surface area contributed by atoms with Gasteiger partial charge < -0.3 is 10.4 Å². The molecule has 2 N–H and O–H groups in total. The molecule has 0 saturated carbocycles. The SMILES string of the molecule is CS(=O)(=O)CCCNC(=O)c1cc(F)c(F)cc1C(=O)O. The van der Waals surface area contributed by atoms with Crippen LogP contribution >= 0.6 is 0 Å². The van der Waals surface area contributed by atoms with E-state index in [4.69, 9.17) is 5.11 Å². The average molecular weight is 321 g/mol. The predicted molar refractivity (Wildman–Crippen MR) is 70.0 cm³/mol. The highest BCUT2D eigenvalue weighted by molar-refractivity contribution is 7.90. The molecule has 0 saturated heterocycles. The number of carboxylic acids is 1. The van der Waals surface area contributed by atoms with Gasteiger partial charge in [-0.25, -0.2) is 22.0 Å². The Labute approximate surface area is 119 Å². The summed E-state index contributed by atoms with van der Waals surface area (Å²) in [6.07, 6.45) is 1.16. The van der Waals surface area contributed by atoms with E-state index in [1.165, 1.54) is 0 Å². The number of nitrogens with one attached hydrogen (secondary N) is 1. The monoisotopic (exact) mass is 321 g/mol. The molecule has 0 spiro atoms. The van der Waals surface area contributed by atoms with E-state index in [2.05, 4.69) is 5.32 Å². The summed E-state index contributed by atoms with van der Waals surface area (Å²) in [6.45, 7) is -0.0377. The fourth-order valence-electron chi connectivity index (χ4n) is 1.54. The van der Waals surface area contributed by atoms with Crippen LogP contribution in [0.15, 0.2) is 12.1 Å². The van der Waals surface area contributed by atoms with Gasteiger partial charge in [0.2, 0.25) is 0 Å². The van der Waals surface area contributed by atoms with Gasteiger partial charge >= 0.3 is 5.97 Å². The van der Waals surface area contributed by atoms with Crippen molar-refractivity contribution in [2.75, 3.05) is 18.6 Å². The molecule has 0 bridgehead atoms. The van der Waals surface area contributed by atoms with Crippen LogP contribution in [0.3, 0.4) is 0 Å². The first-order valence-electron chi connectivity index (χ1n) is 5.80. The highest BCUT2D eigenvalue weighted by Crippen LogP contribution is 2.15. The Morgan fingerprint density at radius 1 is 1.19 bits per heavy atom. The first kappa shape index (κ1) is 17.0. The summed E-state index contributed by atoms with van der Waals surface area (Å²) in [7, 11) is -3.18. The Morgan fingerprint density at radius 3 is 2.19 bits per heavy atom. The number of carbonyl (C=O) groups is 2. The minimum Gasteiger partial charge on any atom is -0.478 e. The molecule has 6 nitrogen and oxygen atoms in total. The quantitative estimate of drug-likeness (QED) is 0.756. The lowest BCUT2D eigenvalue weighted by Gasteiger charge is -2.08. The zero-order valence-electron chi connectivity index (χ0n) is 11.0. The summed E-state index contributed by atoms with van der Waals surface area (Å²) in [5.74, 6) is -5.37. The Balaban J connectivity index is 2.83. The van der Waals surface area contributed by atoms with Crippen LogP contribution in [0.5, 0.6) is 0 Å². The number of sulfone groups is 1. The summed E-state index contributed by atoms with van der Waals surface area (Å²) in [5.41, 5.74) is -1.20. The first-order valence-corrected chi connectivity index (χ1v) is 7.86. The fraction of sp³-hybridized carbons (Fsp3) is 0.333. The van der Waals surface area contributed by atoms with Crippen molar-refractivity contribution in [3.63, 3.8) is 0 Å². The molecular formula is C12H13F2NO5S. The third kappa shape index (κ3) is 5.10. The number of carbonyl (C=O) groups excluding carboxylic acids is 1. The van der Waals surface area contributed by atoms with E-state index in [1.54, 1.807) is 0 Å². The lowest BCUT2D eigenvalue weighted by molar-refractivity contribution is 0.0690. The van der Waals surface area contributed by atoms with Gasteiger partial charge in [-0.15, -0.1) is 0 Å². The lowest BCUT2D eigenvalue weighted by atomic mass is 10.1. The van der Waals surface area contributed by atoms with Crippen LogP contribution in [0.1, 0.15) is 27.1 Å². The summed E-state index contributed by atoms with van der Waals surface area (Å²) in [5, 5.41) is 11.1. The predicted octanol–water partition coefficient (Wildman–Crippen LogP) is 0.828. The highest BCUT2D eigenvalue weighted by Gasteiger charge is 2.20. The van der Waals surface area contributed by atoms with Crippen molar-refractivity contribution in [3.05, 3.63) is 34.9 Å². The molecule has 1 rings (SSSR count). The zero-order valence-corrected chi connectivity index (χ0v) is 11.8. The average Bonchev–Trinajstić information content (AvgIpc) is 2.35. The van der Waals surface area contributed by atoms with Crippen LogP contribution in [-0.2, 0) is 9.84 Å². The Kier molecular flexibility index (Phi) is 5.36. The van der Waals surface area contributed by atoms with Gasteiger partial charge in [0.15, 0.2) is 11.6 Å². The maximum Gasteiger partial charge on any atom is 0.336 e. The highest BCUT2D eigenvalue weighted by atomic mass is 32.2. The Bertz CT molecular complexity index is 672. The van der Waals surface area contributed by atoms with Crippen molar-refractivity contribution < 1.29 is 31.9 Å². The standard InChI is InChI=1S/C12H13F2NO5S/c1-21(19,20)4-2-3-15-11(16)7-5-9(13)10(14)6-8(7)12(17)18/h5-6H,2-4H2,1H3,(H,15,16)(H,17,18). The van der Waals surface area contributed by atoms with E-state index in [9.17, 15) is 26.8 Å². The molecule has 0 heterocycles. The van der Waals surface area contributed by atoms with Crippen molar-refractivity contribution in [1.82, 2.24) is 5.32 Å². The van der Waals surface area contributed by atoms with Crippen molar-refractivity contribution in [2.45, 2.75) is 6.42 Å². The molecule has 9 heteroatoms. The molecular weight excluding hydrogens is 308 g/mol. The number of benzene rings is 1. The summed E-state index contributed by atoms with van der Waals surface area (Å²) in [4.78, 5) is 22.6. The molecule has 0 aliphatic heterocycles. The van der Waals surface area contributed by atoms with Gasteiger partial charge in [-0.1, -0.05) is 0 Å². The number of aromatic carboxylic acids is 1. The number of amides is 1. The minimum atomic E-state index is -3.18. The van der Waals surface area contributed by atoms with Gasteiger partial charge in [0.05, 0.1) is 16.9 Å². The van der Waals surface area contributed by atoms with E-state index in [1.807, 2.05) is 0 Å². The van der Waals surface area contributed by atoms with Crippen molar-refractivity contribution in [1.29, 1.82) is 0 Å². The molecule has 1 aromatic rings. The Hall–Kier alpha value is -2.03. The number of hydrogen-bond acceptors (Lipinski definition) is 4. The molecule has 0 radical (unpaired) electrons. The van der Waals surface area contributed by atoms with Crippen LogP contribution in [-0.4, -0.2) is 44.0 Å². The number of rotatable bonds is 6. The summed E-state index contributed by atoms with van der Waals surface area (Å²) < 4.78 is 47.9. The lowest BCUT2D eigenvalue weighted by Crippen LogP contribution is -2.27. The third-order valence-corrected chi connectivity index (χ3v) is 3.54. The minimum absolute atomic E-state index is 0.0377. The van der Waals surface area contributed by atoms with E-state index in [-0.39, 0.29) is 18.7 Å².